The van der Waals surface area contributed by atoms with E-state index in [2.05, 4.69) is 46.7 Å². The van der Waals surface area contributed by atoms with Gasteiger partial charge < -0.3 is 10.1 Å². The molecule has 1 aromatic carbocycles. The normalized spacial score (nSPS) is 20.1. The van der Waals surface area contributed by atoms with Crippen LogP contribution in [0.3, 0.4) is 0 Å². The number of nitrogens with one attached hydrogen (secondary N) is 1. The van der Waals surface area contributed by atoms with E-state index in [0.717, 1.165) is 31.7 Å². The molecule has 3 nitrogen and oxygen atoms in total. The van der Waals surface area contributed by atoms with Gasteiger partial charge in [-0.3, -0.25) is 0 Å². The minimum atomic E-state index is 0.198. The lowest BCUT2D eigenvalue weighted by Gasteiger charge is -2.20. The van der Waals surface area contributed by atoms with Crippen molar-refractivity contribution in [1.82, 2.24) is 4.98 Å². The van der Waals surface area contributed by atoms with Crippen LogP contribution in [0.25, 0.3) is 0 Å². The van der Waals surface area contributed by atoms with Crippen LogP contribution in [0.5, 0.6) is 0 Å². The van der Waals surface area contributed by atoms with Gasteiger partial charge in [-0.25, -0.2) is 4.98 Å². The number of rotatable bonds is 1. The molecule has 0 amide bonds. The third kappa shape index (κ3) is 2.45. The number of ether oxygens (including phenoxy) is 1. The average molecular weight is 278 g/mol. The van der Waals surface area contributed by atoms with Crippen LogP contribution in [0.2, 0.25) is 0 Å². The van der Waals surface area contributed by atoms with Crippen molar-refractivity contribution in [3.63, 3.8) is 0 Å². The first kappa shape index (κ1) is 12.6. The summed E-state index contributed by atoms with van der Waals surface area (Å²) in [5, 5.41) is 3.47. The summed E-state index contributed by atoms with van der Waals surface area (Å²) in [6.07, 6.45) is 9.36. The number of benzene rings is 1. The summed E-state index contributed by atoms with van der Waals surface area (Å²) in [7, 11) is 0. The average Bonchev–Trinajstić information content (AvgIpc) is 2.74. The van der Waals surface area contributed by atoms with E-state index in [4.69, 9.17) is 4.74 Å². The summed E-state index contributed by atoms with van der Waals surface area (Å²) >= 11 is 0. The number of pyridine rings is 1. The Hall–Kier alpha value is -2.13. The molecule has 1 N–H and O–H groups in total. The molecular weight excluding hydrogens is 260 g/mol. The molecular formula is C18H18N2O. The van der Waals surface area contributed by atoms with Crippen LogP contribution < -0.4 is 5.32 Å². The smallest absolute Gasteiger partial charge is 0.133 e. The molecule has 2 aliphatic heterocycles. The molecule has 106 valence electrons. The highest BCUT2D eigenvalue weighted by atomic mass is 16.5. The molecule has 21 heavy (non-hydrogen) atoms. The predicted octanol–water partition coefficient (Wildman–Crippen LogP) is 3.94. The molecule has 3 heterocycles. The number of nitrogens with zero attached hydrogens (tertiary/aromatic N) is 1. The van der Waals surface area contributed by atoms with Crippen LogP contribution in [-0.4, -0.2) is 11.6 Å². The fourth-order valence-electron chi connectivity index (χ4n) is 3.05. The molecule has 0 radical (unpaired) electrons. The van der Waals surface area contributed by atoms with Gasteiger partial charge in [0.05, 0.1) is 12.7 Å². The number of hydrogen-bond acceptors (Lipinski definition) is 3. The zero-order valence-corrected chi connectivity index (χ0v) is 11.9. The number of fused-ring (bicyclic) bond motifs is 2. The van der Waals surface area contributed by atoms with Gasteiger partial charge in [-0.15, -0.1) is 0 Å². The first-order chi connectivity index (χ1) is 10.4. The third-order valence-corrected chi connectivity index (χ3v) is 4.22. The van der Waals surface area contributed by atoms with Crippen LogP contribution in [0.15, 0.2) is 48.7 Å². The van der Waals surface area contributed by atoms with Crippen molar-refractivity contribution in [3.8, 4) is 0 Å². The summed E-state index contributed by atoms with van der Waals surface area (Å²) in [5.41, 5.74) is 5.08. The molecule has 0 bridgehead atoms. The van der Waals surface area contributed by atoms with Crippen LogP contribution in [0.1, 0.15) is 29.2 Å². The monoisotopic (exact) mass is 278 g/mol. The van der Waals surface area contributed by atoms with E-state index in [1.807, 2.05) is 12.3 Å². The van der Waals surface area contributed by atoms with E-state index in [1.54, 1.807) is 0 Å². The van der Waals surface area contributed by atoms with Gasteiger partial charge in [-0.2, -0.15) is 0 Å². The Balaban J connectivity index is 1.66. The predicted molar refractivity (Wildman–Crippen MR) is 83.8 cm³/mol. The van der Waals surface area contributed by atoms with E-state index < -0.39 is 0 Å². The van der Waals surface area contributed by atoms with E-state index in [1.165, 1.54) is 22.4 Å². The maximum atomic E-state index is 5.83. The molecule has 4 rings (SSSR count). The Labute approximate surface area is 124 Å². The third-order valence-electron chi connectivity index (χ3n) is 4.22. The topological polar surface area (TPSA) is 34.2 Å². The Kier molecular flexibility index (Phi) is 3.20. The summed E-state index contributed by atoms with van der Waals surface area (Å²) in [6.45, 7) is 0.718. The number of hydrogen-bond donors (Lipinski definition) is 1. The first-order valence-corrected chi connectivity index (χ1v) is 7.50. The Morgan fingerprint density at radius 1 is 1.10 bits per heavy atom. The van der Waals surface area contributed by atoms with Gasteiger partial charge in [-0.05, 0) is 48.1 Å². The van der Waals surface area contributed by atoms with Gasteiger partial charge in [0.25, 0.3) is 0 Å². The highest BCUT2D eigenvalue weighted by molar-refractivity contribution is 5.65. The second-order valence-electron chi connectivity index (χ2n) is 5.58. The van der Waals surface area contributed by atoms with Crippen molar-refractivity contribution in [2.24, 2.45) is 0 Å². The zero-order valence-electron chi connectivity index (χ0n) is 11.9. The van der Waals surface area contributed by atoms with Gasteiger partial charge in [-0.1, -0.05) is 30.4 Å². The number of anilines is 2. The van der Waals surface area contributed by atoms with Gasteiger partial charge in [0.1, 0.15) is 5.82 Å². The molecule has 2 aliphatic rings. The summed E-state index contributed by atoms with van der Waals surface area (Å²) < 4.78 is 5.83. The van der Waals surface area contributed by atoms with E-state index in [9.17, 15) is 0 Å². The Morgan fingerprint density at radius 2 is 2.05 bits per heavy atom. The minimum absolute atomic E-state index is 0.198. The maximum absolute atomic E-state index is 5.83. The van der Waals surface area contributed by atoms with Crippen LogP contribution >= 0.6 is 0 Å². The highest BCUT2D eigenvalue weighted by Crippen LogP contribution is 2.32. The lowest BCUT2D eigenvalue weighted by atomic mass is 9.98. The number of aromatic nitrogens is 1. The Morgan fingerprint density at radius 3 is 2.95 bits per heavy atom. The zero-order chi connectivity index (χ0) is 14.1. The summed E-state index contributed by atoms with van der Waals surface area (Å²) in [6, 6.07) is 10.8. The van der Waals surface area contributed by atoms with E-state index in [-0.39, 0.29) is 6.10 Å². The van der Waals surface area contributed by atoms with Gasteiger partial charge in [0.15, 0.2) is 0 Å². The van der Waals surface area contributed by atoms with Gasteiger partial charge in [0.2, 0.25) is 0 Å². The molecule has 0 spiro atoms. The lowest BCUT2D eigenvalue weighted by molar-refractivity contribution is 0.0677. The molecule has 0 aliphatic carbocycles. The Bertz CT molecular complexity index is 693. The molecule has 1 atom stereocenters. The fourth-order valence-corrected chi connectivity index (χ4v) is 3.05. The lowest BCUT2D eigenvalue weighted by Crippen LogP contribution is -2.08. The molecule has 0 fully saturated rings. The summed E-state index contributed by atoms with van der Waals surface area (Å²) in [4.78, 5) is 4.45. The molecule has 1 aromatic heterocycles. The van der Waals surface area contributed by atoms with Crippen molar-refractivity contribution in [3.05, 3.63) is 65.4 Å². The second-order valence-corrected chi connectivity index (χ2v) is 5.58. The second kappa shape index (κ2) is 5.34. The van der Waals surface area contributed by atoms with Crippen molar-refractivity contribution in [2.75, 3.05) is 11.9 Å². The molecule has 1 unspecified atom stereocenters. The first-order valence-electron chi connectivity index (χ1n) is 7.50. The maximum Gasteiger partial charge on any atom is 0.133 e. The van der Waals surface area contributed by atoms with E-state index >= 15 is 0 Å². The summed E-state index contributed by atoms with van der Waals surface area (Å²) in [5.74, 6) is 0.987. The van der Waals surface area contributed by atoms with Crippen LogP contribution in [0, 0.1) is 0 Å². The SMILES string of the molecule is C1=CCC(c2ccc3c(c2)CCc2cccnc2N3)OC1. The van der Waals surface area contributed by atoms with Crippen LogP contribution in [0.4, 0.5) is 11.5 Å². The highest BCUT2D eigenvalue weighted by Gasteiger charge is 2.17. The minimum Gasteiger partial charge on any atom is -0.369 e. The van der Waals surface area contributed by atoms with Gasteiger partial charge >= 0.3 is 0 Å². The van der Waals surface area contributed by atoms with Gasteiger partial charge in [0, 0.05) is 11.9 Å². The van der Waals surface area contributed by atoms with Crippen LogP contribution in [-0.2, 0) is 17.6 Å². The molecule has 0 saturated carbocycles. The van der Waals surface area contributed by atoms with E-state index in [0.29, 0.717) is 0 Å². The standard InChI is InChI=1S/C18H18N2O/c1-2-11-21-17(5-1)15-8-9-16-14(12-15)7-6-13-4-3-10-19-18(13)20-16/h1-4,8-10,12,17H,5-7,11H2,(H,19,20). The van der Waals surface area contributed by atoms with Crippen molar-refractivity contribution < 1.29 is 4.74 Å². The van der Waals surface area contributed by atoms with Crippen molar-refractivity contribution in [2.45, 2.75) is 25.4 Å². The largest absolute Gasteiger partial charge is 0.369 e. The molecule has 0 saturated heterocycles. The van der Waals surface area contributed by atoms with Crippen molar-refractivity contribution >= 4 is 11.5 Å². The molecule has 3 heteroatoms. The fraction of sp³-hybridized carbons (Fsp3) is 0.278. The molecule has 2 aromatic rings. The quantitative estimate of drug-likeness (QED) is 0.802. The van der Waals surface area contributed by atoms with Crippen molar-refractivity contribution in [1.29, 1.82) is 0 Å². The number of aryl methyl sites for hydroxylation is 2.